The molecule has 2 rings (SSSR count). The van der Waals surface area contributed by atoms with Gasteiger partial charge in [0.2, 0.25) is 0 Å². The first-order chi connectivity index (χ1) is 6.27. The van der Waals surface area contributed by atoms with Crippen molar-refractivity contribution in [3.8, 4) is 5.69 Å². The number of rotatable bonds is 1. The summed E-state index contributed by atoms with van der Waals surface area (Å²) in [4.78, 5) is 0. The van der Waals surface area contributed by atoms with E-state index in [1.54, 1.807) is 0 Å². The molecule has 4 heteroatoms. The molecular formula is C9H5F2N2. The Labute approximate surface area is 73.4 Å². The number of nitrogens with zero attached hydrogens (tertiary/aromatic N) is 2. The maximum atomic E-state index is 13.1. The second kappa shape index (κ2) is 2.97. The van der Waals surface area contributed by atoms with Gasteiger partial charge in [-0.1, -0.05) is 0 Å². The highest BCUT2D eigenvalue weighted by Gasteiger charge is 2.04. The van der Waals surface area contributed by atoms with E-state index in [2.05, 4.69) is 11.2 Å². The van der Waals surface area contributed by atoms with Crippen molar-refractivity contribution in [3.63, 3.8) is 0 Å². The second-order valence-corrected chi connectivity index (χ2v) is 2.48. The molecule has 0 amide bonds. The summed E-state index contributed by atoms with van der Waals surface area (Å²) in [5.41, 5.74) is 0.211. The van der Waals surface area contributed by atoms with Crippen LogP contribution in [0.15, 0.2) is 30.6 Å². The van der Waals surface area contributed by atoms with Crippen molar-refractivity contribution in [1.82, 2.24) is 9.78 Å². The minimum Gasteiger partial charge on any atom is -0.237 e. The van der Waals surface area contributed by atoms with E-state index >= 15 is 0 Å². The maximum Gasteiger partial charge on any atom is 0.151 e. The Morgan fingerprint density at radius 2 is 2.15 bits per heavy atom. The number of benzene rings is 1. The predicted octanol–water partition coefficient (Wildman–Crippen LogP) is 1.95. The Bertz CT molecular complexity index is 410. The molecule has 65 valence electrons. The minimum absolute atomic E-state index is 0.211. The van der Waals surface area contributed by atoms with Crippen molar-refractivity contribution in [1.29, 1.82) is 0 Å². The number of hydrogen-bond acceptors (Lipinski definition) is 1. The van der Waals surface area contributed by atoms with Gasteiger partial charge >= 0.3 is 0 Å². The smallest absolute Gasteiger partial charge is 0.151 e. The van der Waals surface area contributed by atoms with E-state index in [0.29, 0.717) is 0 Å². The summed E-state index contributed by atoms with van der Waals surface area (Å²) in [6.45, 7) is 0. The predicted molar refractivity (Wildman–Crippen MR) is 42.3 cm³/mol. The molecule has 0 aliphatic rings. The fraction of sp³-hybridized carbons (Fsp3) is 0. The summed E-state index contributed by atoms with van der Waals surface area (Å²) in [6, 6.07) is 5.98. The number of halogens is 2. The molecule has 1 aromatic heterocycles. The van der Waals surface area contributed by atoms with E-state index in [0.717, 1.165) is 6.07 Å². The topological polar surface area (TPSA) is 17.8 Å². The third-order valence-corrected chi connectivity index (χ3v) is 1.61. The molecule has 0 bridgehead atoms. The summed E-state index contributed by atoms with van der Waals surface area (Å²) >= 11 is 0. The van der Waals surface area contributed by atoms with E-state index in [9.17, 15) is 8.78 Å². The highest BCUT2D eigenvalue weighted by atomic mass is 19.1. The van der Waals surface area contributed by atoms with E-state index in [-0.39, 0.29) is 5.69 Å². The van der Waals surface area contributed by atoms with Gasteiger partial charge in [-0.25, -0.2) is 13.5 Å². The maximum absolute atomic E-state index is 13.1. The van der Waals surface area contributed by atoms with Gasteiger partial charge in [0.1, 0.15) is 11.5 Å². The van der Waals surface area contributed by atoms with Gasteiger partial charge in [0.25, 0.3) is 0 Å². The molecule has 0 saturated carbocycles. The summed E-state index contributed by atoms with van der Waals surface area (Å²) in [5.74, 6) is -1.24. The van der Waals surface area contributed by atoms with Crippen molar-refractivity contribution in [3.05, 3.63) is 48.3 Å². The van der Waals surface area contributed by atoms with Crippen molar-refractivity contribution in [2.24, 2.45) is 0 Å². The Kier molecular flexibility index (Phi) is 1.81. The Balaban J connectivity index is 2.53. The van der Waals surface area contributed by atoms with Crippen LogP contribution in [0.25, 0.3) is 5.69 Å². The van der Waals surface area contributed by atoms with Gasteiger partial charge in [-0.15, -0.1) is 0 Å². The minimum atomic E-state index is -0.642. The lowest BCUT2D eigenvalue weighted by atomic mass is 10.3. The third-order valence-electron chi connectivity index (χ3n) is 1.61. The summed E-state index contributed by atoms with van der Waals surface area (Å²) in [6.07, 6.45) is 2.87. The molecular weight excluding hydrogens is 174 g/mol. The Hall–Kier alpha value is -1.71. The zero-order chi connectivity index (χ0) is 9.26. The van der Waals surface area contributed by atoms with Gasteiger partial charge in [-0.3, -0.25) is 0 Å². The molecule has 0 N–H and O–H groups in total. The number of aromatic nitrogens is 2. The van der Waals surface area contributed by atoms with E-state index in [1.807, 2.05) is 0 Å². The van der Waals surface area contributed by atoms with Gasteiger partial charge in [0.05, 0.1) is 6.20 Å². The quantitative estimate of drug-likeness (QED) is 0.654. The molecule has 13 heavy (non-hydrogen) atoms. The van der Waals surface area contributed by atoms with Crippen LogP contribution in [-0.2, 0) is 0 Å². The van der Waals surface area contributed by atoms with Crippen LogP contribution in [0, 0.1) is 17.7 Å². The van der Waals surface area contributed by atoms with Gasteiger partial charge in [-0.05, 0) is 12.1 Å². The highest BCUT2D eigenvalue weighted by molar-refractivity contribution is 5.32. The molecule has 0 saturated heterocycles. The molecule has 1 radical (unpaired) electrons. The summed E-state index contributed by atoms with van der Waals surface area (Å²) < 4.78 is 26.9. The zero-order valence-electron chi connectivity index (χ0n) is 6.54. The second-order valence-electron chi connectivity index (χ2n) is 2.48. The van der Waals surface area contributed by atoms with Crippen molar-refractivity contribution >= 4 is 0 Å². The van der Waals surface area contributed by atoms with Gasteiger partial charge in [-0.2, -0.15) is 5.10 Å². The fourth-order valence-corrected chi connectivity index (χ4v) is 1.03. The Morgan fingerprint density at radius 1 is 1.31 bits per heavy atom. The standard InChI is InChI=1S/C9H5F2N2/c10-7-2-3-9(8(11)6-7)13-5-1-4-12-13/h2-6H. The normalized spacial score (nSPS) is 10.3. The first kappa shape index (κ1) is 7.91. The SMILES string of the molecule is Fc1ccc(-n2c[c]cn2)c(F)c1. The van der Waals surface area contributed by atoms with Gasteiger partial charge in [0, 0.05) is 18.3 Å². The lowest BCUT2D eigenvalue weighted by Gasteiger charge is -2.01. The molecule has 1 heterocycles. The lowest BCUT2D eigenvalue weighted by molar-refractivity contribution is 0.573. The first-order valence-corrected chi connectivity index (χ1v) is 3.63. The van der Waals surface area contributed by atoms with Crippen molar-refractivity contribution in [2.45, 2.75) is 0 Å². The average Bonchev–Trinajstić information content (AvgIpc) is 2.56. The summed E-state index contributed by atoms with van der Waals surface area (Å²) in [5, 5.41) is 3.78. The summed E-state index contributed by atoms with van der Waals surface area (Å²) in [7, 11) is 0. The average molecular weight is 179 g/mol. The molecule has 2 aromatic rings. The van der Waals surface area contributed by atoms with Gasteiger partial charge in [0.15, 0.2) is 5.82 Å². The van der Waals surface area contributed by atoms with Crippen molar-refractivity contribution in [2.75, 3.05) is 0 Å². The molecule has 1 aromatic carbocycles. The lowest BCUT2D eigenvalue weighted by Crippen LogP contribution is -1.98. The highest BCUT2D eigenvalue weighted by Crippen LogP contribution is 2.12. The van der Waals surface area contributed by atoms with E-state index < -0.39 is 11.6 Å². The molecule has 2 nitrogen and oxygen atoms in total. The van der Waals surface area contributed by atoms with E-state index in [1.165, 1.54) is 29.2 Å². The van der Waals surface area contributed by atoms with E-state index in [4.69, 9.17) is 0 Å². The molecule has 0 atom stereocenters. The molecule has 0 aliphatic heterocycles. The first-order valence-electron chi connectivity index (χ1n) is 3.63. The largest absolute Gasteiger partial charge is 0.237 e. The van der Waals surface area contributed by atoms with Crippen LogP contribution in [0.1, 0.15) is 0 Å². The van der Waals surface area contributed by atoms with Crippen LogP contribution in [-0.4, -0.2) is 9.78 Å². The monoisotopic (exact) mass is 179 g/mol. The number of hydrogen-bond donors (Lipinski definition) is 0. The molecule has 0 unspecified atom stereocenters. The van der Waals surface area contributed by atoms with Crippen LogP contribution in [0.2, 0.25) is 0 Å². The van der Waals surface area contributed by atoms with Gasteiger partial charge < -0.3 is 0 Å². The van der Waals surface area contributed by atoms with Crippen LogP contribution >= 0.6 is 0 Å². The Morgan fingerprint density at radius 3 is 2.77 bits per heavy atom. The van der Waals surface area contributed by atoms with Crippen LogP contribution in [0.4, 0.5) is 8.78 Å². The third kappa shape index (κ3) is 1.42. The zero-order valence-corrected chi connectivity index (χ0v) is 6.54. The van der Waals surface area contributed by atoms with Crippen LogP contribution < -0.4 is 0 Å². The van der Waals surface area contributed by atoms with Crippen LogP contribution in [0.3, 0.4) is 0 Å². The van der Waals surface area contributed by atoms with Crippen LogP contribution in [0.5, 0.6) is 0 Å². The molecule has 0 fully saturated rings. The molecule has 0 aliphatic carbocycles. The van der Waals surface area contributed by atoms with Crippen molar-refractivity contribution < 1.29 is 8.78 Å². The molecule has 0 spiro atoms. The fourth-order valence-electron chi connectivity index (χ4n) is 1.03.